The number of hydrogen-bond donors (Lipinski definition) is 1. The molecule has 0 aromatic carbocycles. The van der Waals surface area contributed by atoms with Gasteiger partial charge in [-0.3, -0.25) is 0 Å². The van der Waals surface area contributed by atoms with E-state index in [0.717, 1.165) is 0 Å². The lowest BCUT2D eigenvalue weighted by Gasteiger charge is -2.06. The van der Waals surface area contributed by atoms with E-state index < -0.39 is 5.97 Å². The van der Waals surface area contributed by atoms with E-state index in [1.54, 1.807) is 24.3 Å². The SMILES string of the molecule is C=CC=CC=CC(=C)OCCOCCOCC(=O)O. The van der Waals surface area contributed by atoms with E-state index in [1.807, 2.05) is 6.08 Å². The van der Waals surface area contributed by atoms with E-state index in [4.69, 9.17) is 19.3 Å². The highest BCUT2D eigenvalue weighted by Gasteiger charge is 1.96. The predicted octanol–water partition coefficient (Wildman–Crippen LogP) is 1.93. The largest absolute Gasteiger partial charge is 0.492 e. The van der Waals surface area contributed by atoms with Crippen molar-refractivity contribution in [3.63, 3.8) is 0 Å². The average Bonchev–Trinajstić information content (AvgIpc) is 2.37. The third kappa shape index (κ3) is 14.1. The minimum Gasteiger partial charge on any atom is -0.492 e. The van der Waals surface area contributed by atoms with Gasteiger partial charge in [-0.15, -0.1) is 0 Å². The van der Waals surface area contributed by atoms with Gasteiger partial charge in [0.05, 0.1) is 19.8 Å². The van der Waals surface area contributed by atoms with Crippen LogP contribution in [0.1, 0.15) is 0 Å². The van der Waals surface area contributed by atoms with Gasteiger partial charge in [-0.2, -0.15) is 0 Å². The van der Waals surface area contributed by atoms with Gasteiger partial charge in [0.2, 0.25) is 0 Å². The Morgan fingerprint density at radius 2 is 1.74 bits per heavy atom. The van der Waals surface area contributed by atoms with Crippen LogP contribution in [0.15, 0.2) is 49.3 Å². The Hall–Kier alpha value is -1.85. The number of carboxylic acid groups (broad SMARTS) is 1. The number of allylic oxidation sites excluding steroid dienone is 5. The summed E-state index contributed by atoms with van der Waals surface area (Å²) >= 11 is 0. The van der Waals surface area contributed by atoms with Crippen LogP contribution in [0.5, 0.6) is 0 Å². The molecule has 0 amide bonds. The van der Waals surface area contributed by atoms with E-state index in [2.05, 4.69) is 13.2 Å². The molecular formula is C14H20O5. The molecule has 0 saturated carbocycles. The van der Waals surface area contributed by atoms with E-state index in [-0.39, 0.29) is 13.2 Å². The highest BCUT2D eigenvalue weighted by Crippen LogP contribution is 1.96. The number of hydrogen-bond acceptors (Lipinski definition) is 4. The second-order valence-electron chi connectivity index (χ2n) is 3.35. The van der Waals surface area contributed by atoms with E-state index in [0.29, 0.717) is 25.6 Å². The van der Waals surface area contributed by atoms with Crippen molar-refractivity contribution in [1.82, 2.24) is 0 Å². The number of aliphatic carboxylic acids is 1. The molecule has 0 aromatic rings. The van der Waals surface area contributed by atoms with Crippen LogP contribution in [-0.2, 0) is 19.0 Å². The molecule has 19 heavy (non-hydrogen) atoms. The topological polar surface area (TPSA) is 65.0 Å². The lowest BCUT2D eigenvalue weighted by atomic mass is 10.4. The summed E-state index contributed by atoms with van der Waals surface area (Å²) in [5.41, 5.74) is 0. The molecule has 0 saturated heterocycles. The van der Waals surface area contributed by atoms with Crippen LogP contribution in [0.25, 0.3) is 0 Å². The van der Waals surface area contributed by atoms with Crippen LogP contribution in [-0.4, -0.2) is 44.1 Å². The Morgan fingerprint density at radius 3 is 2.42 bits per heavy atom. The van der Waals surface area contributed by atoms with Crippen molar-refractivity contribution in [3.05, 3.63) is 49.3 Å². The highest BCUT2D eigenvalue weighted by molar-refractivity contribution is 5.67. The summed E-state index contributed by atoms with van der Waals surface area (Å²) in [6.45, 7) is 8.30. The molecule has 0 aliphatic carbocycles. The standard InChI is InChI=1S/C14H20O5/c1-3-4-5-6-7-13(2)19-11-10-17-8-9-18-12-14(15)16/h3-7H,1-2,8-12H2,(H,15,16). The monoisotopic (exact) mass is 268 g/mol. The molecule has 5 nitrogen and oxygen atoms in total. The van der Waals surface area contributed by atoms with Crippen LogP contribution in [0.4, 0.5) is 0 Å². The van der Waals surface area contributed by atoms with Crippen LogP contribution >= 0.6 is 0 Å². The van der Waals surface area contributed by atoms with Crippen LogP contribution in [0.3, 0.4) is 0 Å². The lowest BCUT2D eigenvalue weighted by Crippen LogP contribution is -2.13. The van der Waals surface area contributed by atoms with Crippen molar-refractivity contribution in [1.29, 1.82) is 0 Å². The Bertz CT molecular complexity index is 331. The van der Waals surface area contributed by atoms with Crippen molar-refractivity contribution in [3.8, 4) is 0 Å². The normalized spacial score (nSPS) is 10.9. The van der Waals surface area contributed by atoms with Crippen LogP contribution in [0, 0.1) is 0 Å². The zero-order chi connectivity index (χ0) is 14.3. The summed E-state index contributed by atoms with van der Waals surface area (Å²) < 4.78 is 15.2. The lowest BCUT2D eigenvalue weighted by molar-refractivity contribution is -0.142. The van der Waals surface area contributed by atoms with Gasteiger partial charge in [-0.1, -0.05) is 37.5 Å². The van der Waals surface area contributed by atoms with E-state index in [1.165, 1.54) is 0 Å². The van der Waals surface area contributed by atoms with Crippen molar-refractivity contribution in [2.45, 2.75) is 0 Å². The first kappa shape index (κ1) is 17.2. The summed E-state index contributed by atoms with van der Waals surface area (Å²) in [6, 6.07) is 0. The minimum absolute atomic E-state index is 0.250. The first-order valence-electron chi connectivity index (χ1n) is 5.81. The maximum absolute atomic E-state index is 10.1. The third-order valence-electron chi connectivity index (χ3n) is 1.75. The molecule has 0 radical (unpaired) electrons. The predicted molar refractivity (Wildman–Crippen MR) is 72.8 cm³/mol. The van der Waals surface area contributed by atoms with Gasteiger partial charge >= 0.3 is 5.97 Å². The van der Waals surface area contributed by atoms with Gasteiger partial charge < -0.3 is 19.3 Å². The fraction of sp³-hybridized carbons (Fsp3) is 0.357. The molecule has 0 unspecified atom stereocenters. The summed E-state index contributed by atoms with van der Waals surface area (Å²) in [4.78, 5) is 10.1. The number of carboxylic acids is 1. The van der Waals surface area contributed by atoms with Crippen molar-refractivity contribution in [2.24, 2.45) is 0 Å². The molecule has 0 bridgehead atoms. The van der Waals surface area contributed by atoms with Crippen molar-refractivity contribution < 1.29 is 24.1 Å². The first-order valence-corrected chi connectivity index (χ1v) is 5.81. The number of rotatable bonds is 12. The molecule has 0 aliphatic rings. The zero-order valence-corrected chi connectivity index (χ0v) is 10.9. The maximum Gasteiger partial charge on any atom is 0.329 e. The molecule has 106 valence electrons. The number of carbonyl (C=O) groups is 1. The Labute approximate surface area is 113 Å². The summed E-state index contributed by atoms with van der Waals surface area (Å²) in [7, 11) is 0. The van der Waals surface area contributed by atoms with Gasteiger partial charge in [0.25, 0.3) is 0 Å². The van der Waals surface area contributed by atoms with Crippen LogP contribution in [0.2, 0.25) is 0 Å². The molecule has 1 N–H and O–H groups in total. The molecule has 0 rings (SSSR count). The third-order valence-corrected chi connectivity index (χ3v) is 1.75. The van der Waals surface area contributed by atoms with Gasteiger partial charge in [0.1, 0.15) is 19.0 Å². The van der Waals surface area contributed by atoms with Crippen LogP contribution < -0.4 is 0 Å². The van der Waals surface area contributed by atoms with Gasteiger partial charge in [-0.25, -0.2) is 4.79 Å². The van der Waals surface area contributed by atoms with Gasteiger partial charge in [0.15, 0.2) is 0 Å². The highest BCUT2D eigenvalue weighted by atomic mass is 16.5. The average molecular weight is 268 g/mol. The molecule has 0 heterocycles. The number of ether oxygens (including phenoxy) is 3. The van der Waals surface area contributed by atoms with Gasteiger partial charge in [-0.05, 0) is 6.08 Å². The second-order valence-corrected chi connectivity index (χ2v) is 3.35. The minimum atomic E-state index is -0.989. The Kier molecular flexibility index (Phi) is 11.4. The summed E-state index contributed by atoms with van der Waals surface area (Å²) in [5, 5.41) is 8.31. The smallest absolute Gasteiger partial charge is 0.329 e. The molecule has 0 atom stereocenters. The molecule has 0 fully saturated rings. The molecule has 0 aromatic heterocycles. The Morgan fingerprint density at radius 1 is 1.05 bits per heavy atom. The van der Waals surface area contributed by atoms with Gasteiger partial charge in [0, 0.05) is 0 Å². The van der Waals surface area contributed by atoms with E-state index >= 15 is 0 Å². The fourth-order valence-corrected chi connectivity index (χ4v) is 0.965. The quantitative estimate of drug-likeness (QED) is 0.333. The molecule has 0 aliphatic heterocycles. The fourth-order valence-electron chi connectivity index (χ4n) is 0.965. The summed E-state index contributed by atoms with van der Waals surface area (Å²) in [5.74, 6) is -0.448. The maximum atomic E-state index is 10.1. The first-order chi connectivity index (χ1) is 9.16. The molecular weight excluding hydrogens is 248 g/mol. The molecule has 0 spiro atoms. The summed E-state index contributed by atoms with van der Waals surface area (Å²) in [6.07, 6.45) is 8.82. The second kappa shape index (κ2) is 12.6. The van der Waals surface area contributed by atoms with Crippen molar-refractivity contribution in [2.75, 3.05) is 33.0 Å². The van der Waals surface area contributed by atoms with E-state index in [9.17, 15) is 4.79 Å². The Balaban J connectivity index is 3.36. The molecule has 5 heteroatoms. The van der Waals surface area contributed by atoms with Crippen molar-refractivity contribution >= 4 is 5.97 Å². The zero-order valence-electron chi connectivity index (χ0n) is 10.9.